The van der Waals surface area contributed by atoms with Gasteiger partial charge in [-0.05, 0) is 29.8 Å². The largest absolute Gasteiger partial charge is 0.493 e. The summed E-state index contributed by atoms with van der Waals surface area (Å²) in [5, 5.41) is 15.5. The number of rotatable bonds is 6. The van der Waals surface area contributed by atoms with Gasteiger partial charge in [0.05, 0.1) is 44.9 Å². The summed E-state index contributed by atoms with van der Waals surface area (Å²) >= 11 is 1.48. The third-order valence-electron chi connectivity index (χ3n) is 4.20. The van der Waals surface area contributed by atoms with Crippen LogP contribution in [-0.2, 0) is 0 Å². The van der Waals surface area contributed by atoms with E-state index >= 15 is 0 Å². The van der Waals surface area contributed by atoms with Crippen LogP contribution in [-0.4, -0.2) is 39.3 Å². The fourth-order valence-corrected chi connectivity index (χ4v) is 3.56. The van der Waals surface area contributed by atoms with Crippen molar-refractivity contribution in [1.82, 2.24) is 4.68 Å². The van der Waals surface area contributed by atoms with Crippen LogP contribution in [0.25, 0.3) is 11.3 Å². The predicted molar refractivity (Wildman–Crippen MR) is 113 cm³/mol. The van der Waals surface area contributed by atoms with Crippen LogP contribution in [0.2, 0.25) is 0 Å². The van der Waals surface area contributed by atoms with Gasteiger partial charge >= 0.3 is 0 Å². The zero-order valence-corrected chi connectivity index (χ0v) is 17.4. The van der Waals surface area contributed by atoms with Gasteiger partial charge in [0.25, 0.3) is 0 Å². The number of benzene rings is 2. The second-order valence-electron chi connectivity index (χ2n) is 5.83. The Kier molecular flexibility index (Phi) is 6.32. The van der Waals surface area contributed by atoms with Crippen molar-refractivity contribution in [3.05, 3.63) is 57.7 Å². The van der Waals surface area contributed by atoms with Crippen LogP contribution in [0.5, 0.6) is 17.2 Å². The molecule has 1 aromatic heterocycles. The lowest BCUT2D eigenvalue weighted by Gasteiger charge is -2.14. The summed E-state index contributed by atoms with van der Waals surface area (Å²) in [5.74, 6) is 1.65. The predicted octanol–water partition coefficient (Wildman–Crippen LogP) is 3.53. The van der Waals surface area contributed by atoms with Crippen LogP contribution in [0, 0.1) is 11.3 Å². The van der Waals surface area contributed by atoms with Gasteiger partial charge in [0.2, 0.25) is 10.6 Å². The molecule has 0 fully saturated rings. The zero-order valence-electron chi connectivity index (χ0n) is 16.5. The van der Waals surface area contributed by atoms with E-state index in [9.17, 15) is 0 Å². The molecule has 0 atom stereocenters. The second-order valence-corrected chi connectivity index (χ2v) is 6.67. The summed E-state index contributed by atoms with van der Waals surface area (Å²) in [6.07, 6.45) is 1.73. The van der Waals surface area contributed by atoms with E-state index in [1.807, 2.05) is 29.6 Å². The molecule has 2 aromatic carbocycles. The highest BCUT2D eigenvalue weighted by Gasteiger charge is 2.16. The lowest BCUT2D eigenvalue weighted by atomic mass is 10.1. The summed E-state index contributed by atoms with van der Waals surface area (Å²) in [6.45, 7) is 0. The highest BCUT2D eigenvalue weighted by atomic mass is 32.1. The zero-order chi connectivity index (χ0) is 20.8. The Bertz CT molecular complexity index is 1110. The fourth-order valence-electron chi connectivity index (χ4n) is 2.76. The molecule has 3 aromatic rings. The van der Waals surface area contributed by atoms with Crippen molar-refractivity contribution in [3.8, 4) is 34.6 Å². The fraction of sp³-hybridized carbons (Fsp3) is 0.190. The molecule has 0 N–H and O–H groups in total. The molecular weight excluding hydrogens is 388 g/mol. The third kappa shape index (κ3) is 4.15. The molecule has 0 spiro atoms. The average molecular weight is 408 g/mol. The molecular formula is C21H20N4O3S. The summed E-state index contributed by atoms with van der Waals surface area (Å²) < 4.78 is 18.1. The van der Waals surface area contributed by atoms with E-state index in [0.717, 1.165) is 21.6 Å². The van der Waals surface area contributed by atoms with Crippen molar-refractivity contribution in [1.29, 1.82) is 5.26 Å². The molecule has 0 amide bonds. The number of thiazole rings is 1. The Hall–Kier alpha value is -3.57. The van der Waals surface area contributed by atoms with Gasteiger partial charge in [-0.25, -0.2) is 4.68 Å². The van der Waals surface area contributed by atoms with Crippen LogP contribution in [0.1, 0.15) is 11.1 Å². The van der Waals surface area contributed by atoms with Crippen molar-refractivity contribution < 1.29 is 14.2 Å². The number of hydrogen-bond acceptors (Lipinski definition) is 7. The molecule has 0 radical (unpaired) electrons. The molecule has 0 aliphatic rings. The van der Waals surface area contributed by atoms with Gasteiger partial charge in [-0.15, -0.1) is 11.3 Å². The van der Waals surface area contributed by atoms with Crippen molar-refractivity contribution in [2.45, 2.75) is 0 Å². The highest BCUT2D eigenvalue weighted by Crippen LogP contribution is 2.41. The SMILES string of the molecule is CN=c1scc(-c2cc(OC)c(OC)c(OC)c2)n1N=Cc1ccc(C#N)cc1. The van der Waals surface area contributed by atoms with Crippen LogP contribution in [0.4, 0.5) is 0 Å². The van der Waals surface area contributed by atoms with Gasteiger partial charge in [0, 0.05) is 18.0 Å². The maximum absolute atomic E-state index is 8.93. The van der Waals surface area contributed by atoms with Crippen molar-refractivity contribution in [2.75, 3.05) is 28.4 Å². The Balaban J connectivity index is 2.09. The number of nitriles is 1. The minimum Gasteiger partial charge on any atom is -0.493 e. The van der Waals surface area contributed by atoms with Crippen LogP contribution in [0.15, 0.2) is 51.9 Å². The number of nitrogens with zero attached hydrogens (tertiary/aromatic N) is 4. The topological polar surface area (TPSA) is 81.1 Å². The number of methoxy groups -OCH3 is 3. The number of aromatic nitrogens is 1. The van der Waals surface area contributed by atoms with Gasteiger partial charge in [-0.3, -0.25) is 4.99 Å². The molecule has 7 nitrogen and oxygen atoms in total. The summed E-state index contributed by atoms with van der Waals surface area (Å²) in [6, 6.07) is 13.0. The molecule has 0 saturated heterocycles. The second kappa shape index (κ2) is 9.08. The van der Waals surface area contributed by atoms with Crippen molar-refractivity contribution in [3.63, 3.8) is 0 Å². The standard InChI is InChI=1S/C21H20N4O3S/c1-23-21-25(24-12-15-7-5-14(11-22)6-8-15)17(13-29-21)16-9-18(26-2)20(28-4)19(10-16)27-3/h5-10,12-13H,1-4H3. The molecule has 0 aliphatic heterocycles. The molecule has 1 heterocycles. The third-order valence-corrected chi connectivity index (χ3v) is 5.11. The molecule has 0 aliphatic carbocycles. The maximum atomic E-state index is 8.93. The molecule has 0 saturated carbocycles. The molecule has 3 rings (SSSR count). The smallest absolute Gasteiger partial charge is 0.205 e. The minimum atomic E-state index is 0.530. The van der Waals surface area contributed by atoms with Gasteiger partial charge < -0.3 is 14.2 Å². The van der Waals surface area contributed by atoms with Crippen molar-refractivity contribution in [2.24, 2.45) is 10.1 Å². The Labute approximate surface area is 172 Å². The van der Waals surface area contributed by atoms with Gasteiger partial charge in [0.15, 0.2) is 11.5 Å². The van der Waals surface area contributed by atoms with E-state index in [2.05, 4.69) is 16.2 Å². The first-order valence-electron chi connectivity index (χ1n) is 8.63. The van der Waals surface area contributed by atoms with Gasteiger partial charge in [-0.1, -0.05) is 12.1 Å². The lowest BCUT2D eigenvalue weighted by Crippen LogP contribution is -2.11. The monoisotopic (exact) mass is 408 g/mol. The summed E-state index contributed by atoms with van der Waals surface area (Å²) in [4.78, 5) is 5.05. The summed E-state index contributed by atoms with van der Waals surface area (Å²) in [5.41, 5.74) is 3.16. The Morgan fingerprint density at radius 3 is 2.21 bits per heavy atom. The number of hydrogen-bond donors (Lipinski definition) is 0. The molecule has 29 heavy (non-hydrogen) atoms. The normalized spacial score (nSPS) is 11.5. The maximum Gasteiger partial charge on any atom is 0.205 e. The Morgan fingerprint density at radius 2 is 1.69 bits per heavy atom. The van der Waals surface area contributed by atoms with E-state index in [1.54, 1.807) is 51.4 Å². The summed E-state index contributed by atoms with van der Waals surface area (Å²) in [7, 11) is 6.45. The van der Waals surface area contributed by atoms with Crippen LogP contribution in [0.3, 0.4) is 0 Å². The molecule has 8 heteroatoms. The highest BCUT2D eigenvalue weighted by molar-refractivity contribution is 7.07. The van der Waals surface area contributed by atoms with Gasteiger partial charge in [0.1, 0.15) is 0 Å². The van der Waals surface area contributed by atoms with Gasteiger partial charge in [-0.2, -0.15) is 10.4 Å². The van der Waals surface area contributed by atoms with Crippen LogP contribution >= 0.6 is 11.3 Å². The van der Waals surface area contributed by atoms with E-state index in [-0.39, 0.29) is 0 Å². The number of ether oxygens (including phenoxy) is 3. The van der Waals surface area contributed by atoms with Crippen molar-refractivity contribution >= 4 is 17.6 Å². The Morgan fingerprint density at radius 1 is 1.03 bits per heavy atom. The molecule has 148 valence electrons. The molecule has 0 unspecified atom stereocenters. The quantitative estimate of drug-likeness (QED) is 0.585. The first kappa shape index (κ1) is 20.2. The first-order valence-corrected chi connectivity index (χ1v) is 9.51. The first-order chi connectivity index (χ1) is 14.1. The molecule has 0 bridgehead atoms. The minimum absolute atomic E-state index is 0.530. The van der Waals surface area contributed by atoms with E-state index in [4.69, 9.17) is 19.5 Å². The average Bonchev–Trinajstić information content (AvgIpc) is 3.19. The lowest BCUT2D eigenvalue weighted by molar-refractivity contribution is 0.324. The van der Waals surface area contributed by atoms with Crippen LogP contribution < -0.4 is 19.0 Å². The van der Waals surface area contributed by atoms with E-state index < -0.39 is 0 Å². The van der Waals surface area contributed by atoms with E-state index in [1.165, 1.54) is 11.3 Å². The van der Waals surface area contributed by atoms with E-state index in [0.29, 0.717) is 22.8 Å².